The van der Waals surface area contributed by atoms with Crippen molar-refractivity contribution in [3.63, 3.8) is 0 Å². The lowest BCUT2D eigenvalue weighted by atomic mass is 10.2. The molecule has 2 heterocycles. The van der Waals surface area contributed by atoms with Crippen molar-refractivity contribution in [2.24, 2.45) is 0 Å². The molecule has 2 rings (SSSR count). The van der Waals surface area contributed by atoms with Crippen molar-refractivity contribution >= 4 is 17.5 Å². The van der Waals surface area contributed by atoms with Crippen molar-refractivity contribution in [1.82, 2.24) is 4.98 Å². The Bertz CT molecular complexity index is 533. The highest BCUT2D eigenvalue weighted by molar-refractivity contribution is 5.80. The van der Waals surface area contributed by atoms with Gasteiger partial charge in [-0.1, -0.05) is 0 Å². The molecule has 2 N–H and O–H groups in total. The first kappa shape index (κ1) is 13.2. The lowest BCUT2D eigenvalue weighted by Gasteiger charge is -2.22. The summed E-state index contributed by atoms with van der Waals surface area (Å²) in [6, 6.07) is 1.79. The van der Waals surface area contributed by atoms with Crippen LogP contribution in [0.3, 0.4) is 0 Å². The summed E-state index contributed by atoms with van der Waals surface area (Å²) in [5.74, 6) is -1.14. The predicted molar refractivity (Wildman–Crippen MR) is 65.0 cm³/mol. The average Bonchev–Trinajstić information content (AvgIpc) is 2.70. The molecule has 1 saturated heterocycles. The fraction of sp³-hybridized carbons (Fsp3) is 0.455. The van der Waals surface area contributed by atoms with Gasteiger partial charge in [0, 0.05) is 24.7 Å². The number of hydrogen-bond acceptors (Lipinski definition) is 6. The number of nitro groups is 1. The second-order valence-electron chi connectivity index (χ2n) is 4.45. The van der Waals surface area contributed by atoms with Gasteiger partial charge in [0.2, 0.25) is 5.82 Å². The van der Waals surface area contributed by atoms with E-state index in [-0.39, 0.29) is 24.5 Å². The van der Waals surface area contributed by atoms with Crippen LogP contribution in [0.5, 0.6) is 0 Å². The van der Waals surface area contributed by atoms with Crippen molar-refractivity contribution in [1.29, 1.82) is 0 Å². The van der Waals surface area contributed by atoms with Gasteiger partial charge in [-0.25, -0.2) is 9.78 Å². The third-order valence-corrected chi connectivity index (χ3v) is 3.03. The SMILES string of the molecule is Cc1ccc([N+](=O)[O-])c(N2C[C@H](O)C[C@H]2C(=O)O)n1. The van der Waals surface area contributed by atoms with E-state index >= 15 is 0 Å². The van der Waals surface area contributed by atoms with Crippen LogP contribution in [0.4, 0.5) is 11.5 Å². The molecule has 8 heteroatoms. The molecule has 1 fully saturated rings. The molecule has 0 unspecified atom stereocenters. The van der Waals surface area contributed by atoms with Crippen LogP contribution in [0.1, 0.15) is 12.1 Å². The van der Waals surface area contributed by atoms with E-state index in [1.807, 2.05) is 0 Å². The monoisotopic (exact) mass is 267 g/mol. The maximum absolute atomic E-state index is 11.1. The first-order chi connectivity index (χ1) is 8.90. The summed E-state index contributed by atoms with van der Waals surface area (Å²) >= 11 is 0. The van der Waals surface area contributed by atoms with E-state index in [1.165, 1.54) is 17.0 Å². The number of carboxylic acids is 1. The number of β-amino-alcohol motifs (C(OH)–C–C–N with tert-alkyl or cyclic N) is 1. The molecule has 8 nitrogen and oxygen atoms in total. The summed E-state index contributed by atoms with van der Waals surface area (Å²) in [5.41, 5.74) is 0.289. The fourth-order valence-corrected chi connectivity index (χ4v) is 2.17. The second kappa shape index (κ2) is 4.81. The summed E-state index contributed by atoms with van der Waals surface area (Å²) in [7, 11) is 0. The minimum absolute atomic E-state index is 0.00560. The van der Waals surface area contributed by atoms with Gasteiger partial charge < -0.3 is 15.1 Å². The number of carbonyl (C=O) groups is 1. The van der Waals surface area contributed by atoms with E-state index < -0.39 is 23.0 Å². The molecule has 1 aromatic rings. The maximum atomic E-state index is 11.1. The van der Waals surface area contributed by atoms with E-state index in [0.29, 0.717) is 5.69 Å². The fourth-order valence-electron chi connectivity index (χ4n) is 2.17. The zero-order valence-corrected chi connectivity index (χ0v) is 10.2. The summed E-state index contributed by atoms with van der Waals surface area (Å²) in [6.45, 7) is 1.68. The van der Waals surface area contributed by atoms with Gasteiger partial charge in [0.25, 0.3) is 0 Å². The largest absolute Gasteiger partial charge is 0.480 e. The van der Waals surface area contributed by atoms with Crippen LogP contribution in [-0.2, 0) is 4.79 Å². The number of aliphatic hydroxyl groups excluding tert-OH is 1. The number of carboxylic acid groups (broad SMARTS) is 1. The molecule has 0 radical (unpaired) electrons. The number of hydrogen-bond donors (Lipinski definition) is 2. The molecule has 2 atom stereocenters. The summed E-state index contributed by atoms with van der Waals surface area (Å²) in [6.07, 6.45) is -0.801. The first-order valence-electron chi connectivity index (χ1n) is 5.69. The number of pyridine rings is 1. The van der Waals surface area contributed by atoms with E-state index in [2.05, 4.69) is 4.98 Å². The molecule has 1 aliphatic rings. The molecular formula is C11H13N3O5. The van der Waals surface area contributed by atoms with E-state index in [1.54, 1.807) is 6.92 Å². The highest BCUT2D eigenvalue weighted by Gasteiger charge is 2.39. The molecule has 0 aliphatic carbocycles. The molecule has 1 aliphatic heterocycles. The van der Waals surface area contributed by atoms with E-state index in [4.69, 9.17) is 5.11 Å². The molecule has 0 bridgehead atoms. The lowest BCUT2D eigenvalue weighted by molar-refractivity contribution is -0.384. The van der Waals surface area contributed by atoms with Gasteiger partial charge in [-0.15, -0.1) is 0 Å². The first-order valence-corrected chi connectivity index (χ1v) is 5.69. The van der Waals surface area contributed by atoms with E-state index in [9.17, 15) is 20.0 Å². The van der Waals surface area contributed by atoms with Gasteiger partial charge >= 0.3 is 11.7 Å². The summed E-state index contributed by atoms with van der Waals surface area (Å²) in [5, 5.41) is 29.7. The lowest BCUT2D eigenvalue weighted by Crippen LogP contribution is -2.37. The zero-order valence-electron chi connectivity index (χ0n) is 10.2. The van der Waals surface area contributed by atoms with Crippen molar-refractivity contribution in [3.8, 4) is 0 Å². The summed E-state index contributed by atoms with van der Waals surface area (Å²) in [4.78, 5) is 26.8. The van der Waals surface area contributed by atoms with Gasteiger partial charge in [0.1, 0.15) is 6.04 Å². The predicted octanol–water partition coefficient (Wildman–Crippen LogP) is 0.322. The summed E-state index contributed by atoms with van der Waals surface area (Å²) < 4.78 is 0. The molecule has 0 amide bonds. The Balaban J connectivity index is 2.47. The van der Waals surface area contributed by atoms with Gasteiger partial charge in [0.15, 0.2) is 0 Å². The third-order valence-electron chi connectivity index (χ3n) is 3.03. The van der Waals surface area contributed by atoms with Crippen molar-refractivity contribution < 1.29 is 19.9 Å². The molecular weight excluding hydrogens is 254 g/mol. The minimum Gasteiger partial charge on any atom is -0.480 e. The number of aliphatic carboxylic acids is 1. The van der Waals surface area contributed by atoms with Crippen molar-refractivity contribution in [3.05, 3.63) is 27.9 Å². The number of rotatable bonds is 3. The molecule has 0 aromatic carbocycles. The minimum atomic E-state index is -1.13. The Hall–Kier alpha value is -2.22. The zero-order chi connectivity index (χ0) is 14.2. The van der Waals surface area contributed by atoms with Crippen LogP contribution in [0.15, 0.2) is 12.1 Å². The number of anilines is 1. The number of aliphatic hydroxyl groups is 1. The topological polar surface area (TPSA) is 117 Å². The second-order valence-corrected chi connectivity index (χ2v) is 4.45. The normalized spacial score (nSPS) is 22.5. The van der Waals surface area contributed by atoms with Crippen LogP contribution >= 0.6 is 0 Å². The molecule has 19 heavy (non-hydrogen) atoms. The van der Waals surface area contributed by atoms with Crippen LogP contribution < -0.4 is 4.90 Å². The maximum Gasteiger partial charge on any atom is 0.326 e. The third kappa shape index (κ3) is 2.48. The number of aryl methyl sites for hydroxylation is 1. The number of aromatic nitrogens is 1. The van der Waals surface area contributed by atoms with E-state index in [0.717, 1.165) is 0 Å². The molecule has 1 aromatic heterocycles. The van der Waals surface area contributed by atoms with Crippen LogP contribution in [0.25, 0.3) is 0 Å². The van der Waals surface area contributed by atoms with Gasteiger partial charge in [0.05, 0.1) is 11.0 Å². The Morgan fingerprint density at radius 2 is 2.26 bits per heavy atom. The highest BCUT2D eigenvalue weighted by Crippen LogP contribution is 2.32. The van der Waals surface area contributed by atoms with Crippen molar-refractivity contribution in [2.75, 3.05) is 11.4 Å². The number of nitrogens with zero attached hydrogens (tertiary/aromatic N) is 3. The van der Waals surface area contributed by atoms with Crippen molar-refractivity contribution in [2.45, 2.75) is 25.5 Å². The van der Waals surface area contributed by atoms with Gasteiger partial charge in [-0.2, -0.15) is 0 Å². The highest BCUT2D eigenvalue weighted by atomic mass is 16.6. The standard InChI is InChI=1S/C11H13N3O5/c1-6-2-3-8(14(18)19)10(12-6)13-5-7(15)4-9(13)11(16)17/h2-3,7,9,15H,4-5H2,1H3,(H,16,17)/t7-,9+/m1/s1. The van der Waals surface area contributed by atoms with Crippen LogP contribution in [0.2, 0.25) is 0 Å². The Morgan fingerprint density at radius 1 is 1.58 bits per heavy atom. The Kier molecular flexibility index (Phi) is 3.34. The Labute approximate surface area is 108 Å². The average molecular weight is 267 g/mol. The van der Waals surface area contributed by atoms with Gasteiger partial charge in [-0.05, 0) is 13.0 Å². The van der Waals surface area contributed by atoms with Crippen LogP contribution in [0, 0.1) is 17.0 Å². The smallest absolute Gasteiger partial charge is 0.326 e. The molecule has 102 valence electrons. The quantitative estimate of drug-likeness (QED) is 0.598. The van der Waals surface area contributed by atoms with Gasteiger partial charge in [-0.3, -0.25) is 10.1 Å². The molecule has 0 spiro atoms. The Morgan fingerprint density at radius 3 is 2.84 bits per heavy atom. The molecule has 0 saturated carbocycles. The van der Waals surface area contributed by atoms with Crippen LogP contribution in [-0.4, -0.2) is 44.8 Å².